The number of hydrogen-bond acceptors (Lipinski definition) is 4. The fraction of sp³-hybridized carbons (Fsp3) is 0.440. The van der Waals surface area contributed by atoms with Crippen LogP contribution in [0.1, 0.15) is 44.7 Å². The second kappa shape index (κ2) is 12.6. The van der Waals surface area contributed by atoms with Gasteiger partial charge in [0, 0.05) is 22.6 Å². The lowest BCUT2D eigenvalue weighted by Crippen LogP contribution is -2.53. The van der Waals surface area contributed by atoms with E-state index in [-0.39, 0.29) is 34.2 Å². The van der Waals surface area contributed by atoms with Gasteiger partial charge in [0.05, 0.1) is 11.9 Å². The summed E-state index contributed by atoms with van der Waals surface area (Å²) in [5, 5.41) is 3.43. The first-order valence-electron chi connectivity index (χ1n) is 11.5. The average Bonchev–Trinajstić information content (AvgIpc) is 2.76. The number of amides is 2. The summed E-state index contributed by atoms with van der Waals surface area (Å²) >= 11 is 12.2. The molecule has 0 aliphatic carbocycles. The topological polar surface area (TPSA) is 86.8 Å². The number of nitrogens with zero attached hydrogens (tertiary/aromatic N) is 2. The van der Waals surface area contributed by atoms with Crippen LogP contribution < -0.4 is 9.62 Å². The summed E-state index contributed by atoms with van der Waals surface area (Å²) in [6, 6.07) is 11.1. The fourth-order valence-corrected chi connectivity index (χ4v) is 4.98. The maximum Gasteiger partial charge on any atom is 0.244 e. The smallest absolute Gasteiger partial charge is 0.244 e. The minimum atomic E-state index is -3.87. The van der Waals surface area contributed by atoms with E-state index in [4.69, 9.17) is 23.2 Å². The number of benzene rings is 2. The second-order valence-electron chi connectivity index (χ2n) is 8.59. The normalized spacial score (nSPS) is 13.1. The largest absolute Gasteiger partial charge is 0.352 e. The standard InChI is InChI=1S/C25H33Cl2N3O4S/c1-6-18(4)28-25(32)23(7-2)29(15-19-11-9-8-10-17(19)3)24(31)16-30(35(5,33)34)22-13-20(26)12-21(27)14-22/h8-14,18,23H,6-7,15-16H2,1-5H3,(H,28,32)/t18-,23+/m0/s1. The lowest BCUT2D eigenvalue weighted by molar-refractivity contribution is -0.140. The lowest BCUT2D eigenvalue weighted by Gasteiger charge is -2.33. The maximum absolute atomic E-state index is 13.7. The molecule has 2 aromatic carbocycles. The summed E-state index contributed by atoms with van der Waals surface area (Å²) < 4.78 is 26.3. The van der Waals surface area contributed by atoms with E-state index in [1.54, 1.807) is 0 Å². The van der Waals surface area contributed by atoms with Gasteiger partial charge in [-0.15, -0.1) is 0 Å². The third kappa shape index (κ3) is 8.12. The van der Waals surface area contributed by atoms with E-state index < -0.39 is 28.5 Å². The number of aryl methyl sites for hydroxylation is 1. The van der Waals surface area contributed by atoms with Crippen molar-refractivity contribution in [3.05, 3.63) is 63.6 Å². The zero-order valence-electron chi connectivity index (χ0n) is 20.7. The van der Waals surface area contributed by atoms with Crippen molar-refractivity contribution < 1.29 is 18.0 Å². The van der Waals surface area contributed by atoms with Gasteiger partial charge in [0.25, 0.3) is 0 Å². The predicted octanol–water partition coefficient (Wildman–Crippen LogP) is 4.79. The van der Waals surface area contributed by atoms with Crippen molar-refractivity contribution in [2.45, 2.75) is 59.2 Å². The molecule has 0 aliphatic rings. The van der Waals surface area contributed by atoms with E-state index in [0.717, 1.165) is 28.1 Å². The highest BCUT2D eigenvalue weighted by molar-refractivity contribution is 7.92. The first kappa shape index (κ1) is 28.9. The molecule has 2 aromatic rings. The summed E-state index contributed by atoms with van der Waals surface area (Å²) in [6.45, 7) is 7.26. The summed E-state index contributed by atoms with van der Waals surface area (Å²) in [5.74, 6) is -0.790. The van der Waals surface area contributed by atoms with Crippen LogP contribution in [-0.2, 0) is 26.2 Å². The second-order valence-corrected chi connectivity index (χ2v) is 11.4. The van der Waals surface area contributed by atoms with Gasteiger partial charge in [-0.25, -0.2) is 8.42 Å². The molecule has 0 bridgehead atoms. The molecule has 2 atom stereocenters. The molecule has 2 amide bonds. The number of hydrogen-bond donors (Lipinski definition) is 1. The van der Waals surface area contributed by atoms with Crippen LogP contribution in [0.15, 0.2) is 42.5 Å². The van der Waals surface area contributed by atoms with Gasteiger partial charge in [0.15, 0.2) is 0 Å². The molecule has 0 unspecified atom stereocenters. The molecule has 35 heavy (non-hydrogen) atoms. The molecule has 0 aliphatic heterocycles. The number of anilines is 1. The Hall–Kier alpha value is -2.29. The van der Waals surface area contributed by atoms with Crippen molar-refractivity contribution in [1.82, 2.24) is 10.2 Å². The van der Waals surface area contributed by atoms with Crippen LogP contribution in [0.5, 0.6) is 0 Å². The summed E-state index contributed by atoms with van der Waals surface area (Å²) in [7, 11) is -3.87. The van der Waals surface area contributed by atoms with Crippen LogP contribution in [0.25, 0.3) is 0 Å². The number of sulfonamides is 1. The first-order valence-corrected chi connectivity index (χ1v) is 14.1. The third-order valence-corrected chi connectivity index (χ3v) is 7.38. The summed E-state index contributed by atoms with van der Waals surface area (Å²) in [6.07, 6.45) is 2.11. The molecular weight excluding hydrogens is 509 g/mol. The van der Waals surface area contributed by atoms with Gasteiger partial charge < -0.3 is 10.2 Å². The lowest BCUT2D eigenvalue weighted by atomic mass is 10.1. The molecule has 0 heterocycles. The fourth-order valence-electron chi connectivity index (χ4n) is 3.63. The Morgan fingerprint density at radius 1 is 1.03 bits per heavy atom. The Bertz CT molecular complexity index is 1140. The summed E-state index contributed by atoms with van der Waals surface area (Å²) in [5.41, 5.74) is 2.00. The molecule has 0 saturated carbocycles. The van der Waals surface area contributed by atoms with E-state index >= 15 is 0 Å². The number of nitrogens with one attached hydrogen (secondary N) is 1. The zero-order chi connectivity index (χ0) is 26.3. The molecule has 0 radical (unpaired) electrons. The summed E-state index contributed by atoms with van der Waals surface area (Å²) in [4.78, 5) is 28.3. The Kier molecular flexibility index (Phi) is 10.4. The van der Waals surface area contributed by atoms with Gasteiger partial charge in [0.1, 0.15) is 12.6 Å². The minimum Gasteiger partial charge on any atom is -0.352 e. The van der Waals surface area contributed by atoms with Crippen LogP contribution in [0.3, 0.4) is 0 Å². The van der Waals surface area contributed by atoms with E-state index in [1.807, 2.05) is 52.0 Å². The Morgan fingerprint density at radius 3 is 2.14 bits per heavy atom. The first-order chi connectivity index (χ1) is 16.4. The highest BCUT2D eigenvalue weighted by Gasteiger charge is 2.32. The van der Waals surface area contributed by atoms with Crippen LogP contribution in [0.2, 0.25) is 10.0 Å². The quantitative estimate of drug-likeness (QED) is 0.443. The van der Waals surface area contributed by atoms with Gasteiger partial charge in [-0.1, -0.05) is 61.3 Å². The molecule has 192 valence electrons. The predicted molar refractivity (Wildman–Crippen MR) is 142 cm³/mol. The van der Waals surface area contributed by atoms with Crippen molar-refractivity contribution in [3.63, 3.8) is 0 Å². The van der Waals surface area contributed by atoms with Crippen molar-refractivity contribution >= 4 is 50.7 Å². The molecule has 0 spiro atoms. The molecular formula is C25H33Cl2N3O4S. The van der Waals surface area contributed by atoms with Crippen molar-refractivity contribution in [1.29, 1.82) is 0 Å². The highest BCUT2D eigenvalue weighted by Crippen LogP contribution is 2.27. The van der Waals surface area contributed by atoms with E-state index in [0.29, 0.717) is 6.42 Å². The molecule has 10 heteroatoms. The number of rotatable bonds is 11. The van der Waals surface area contributed by atoms with E-state index in [1.165, 1.54) is 23.1 Å². The SMILES string of the molecule is CC[C@H](C(=O)N[C@@H](C)CC)N(Cc1ccccc1C)C(=O)CN(c1cc(Cl)cc(Cl)c1)S(C)(=O)=O. The molecule has 7 nitrogen and oxygen atoms in total. The van der Waals surface area contributed by atoms with Crippen molar-refractivity contribution in [3.8, 4) is 0 Å². The maximum atomic E-state index is 13.7. The monoisotopic (exact) mass is 541 g/mol. The zero-order valence-corrected chi connectivity index (χ0v) is 23.0. The molecule has 0 aromatic heterocycles. The molecule has 2 rings (SSSR count). The van der Waals surface area contributed by atoms with Crippen LogP contribution >= 0.6 is 23.2 Å². The molecule has 1 N–H and O–H groups in total. The third-order valence-electron chi connectivity index (χ3n) is 5.80. The van der Waals surface area contributed by atoms with Gasteiger partial charge in [-0.3, -0.25) is 13.9 Å². The Balaban J connectivity index is 2.49. The highest BCUT2D eigenvalue weighted by atomic mass is 35.5. The van der Waals surface area contributed by atoms with Crippen LogP contribution in [0.4, 0.5) is 5.69 Å². The Morgan fingerprint density at radius 2 is 1.63 bits per heavy atom. The van der Waals surface area contributed by atoms with Gasteiger partial charge >= 0.3 is 0 Å². The number of carbonyl (C=O) groups excluding carboxylic acids is 2. The van der Waals surface area contributed by atoms with Gasteiger partial charge in [-0.2, -0.15) is 0 Å². The number of carbonyl (C=O) groups is 2. The van der Waals surface area contributed by atoms with E-state index in [2.05, 4.69) is 5.32 Å². The van der Waals surface area contributed by atoms with Gasteiger partial charge in [0.2, 0.25) is 21.8 Å². The van der Waals surface area contributed by atoms with Gasteiger partial charge in [-0.05, 0) is 56.0 Å². The van der Waals surface area contributed by atoms with E-state index in [9.17, 15) is 18.0 Å². The molecule has 0 fully saturated rings. The average molecular weight is 543 g/mol. The van der Waals surface area contributed by atoms with Crippen molar-refractivity contribution in [2.75, 3.05) is 17.1 Å². The van der Waals surface area contributed by atoms with Crippen LogP contribution in [-0.4, -0.2) is 50.0 Å². The molecule has 0 saturated heterocycles. The minimum absolute atomic E-state index is 0.0620. The van der Waals surface area contributed by atoms with Crippen molar-refractivity contribution in [2.24, 2.45) is 0 Å². The van der Waals surface area contributed by atoms with Crippen LogP contribution in [0, 0.1) is 6.92 Å². The Labute approximate surface area is 218 Å². The number of halogens is 2.